The van der Waals surface area contributed by atoms with E-state index < -0.39 is 10.0 Å². The van der Waals surface area contributed by atoms with Gasteiger partial charge in [-0.3, -0.25) is 0 Å². The van der Waals surface area contributed by atoms with E-state index in [1.165, 1.54) is 24.2 Å². The zero-order chi connectivity index (χ0) is 14.9. The van der Waals surface area contributed by atoms with E-state index in [0.717, 1.165) is 37.1 Å². The molecule has 21 heavy (non-hydrogen) atoms. The Morgan fingerprint density at radius 3 is 2.62 bits per heavy atom. The molecule has 0 aromatic carbocycles. The minimum absolute atomic E-state index is 0.118. The molecule has 118 valence electrons. The van der Waals surface area contributed by atoms with E-state index in [0.29, 0.717) is 16.2 Å². The molecule has 0 bridgehead atoms. The van der Waals surface area contributed by atoms with Crippen molar-refractivity contribution in [3.8, 4) is 0 Å². The summed E-state index contributed by atoms with van der Waals surface area (Å²) in [5.74, 6) is 0.630. The van der Waals surface area contributed by atoms with E-state index in [-0.39, 0.29) is 6.04 Å². The van der Waals surface area contributed by atoms with Crippen molar-refractivity contribution in [2.75, 3.05) is 6.54 Å². The van der Waals surface area contributed by atoms with Crippen LogP contribution in [0, 0.1) is 5.92 Å². The smallest absolute Gasteiger partial charge is 0.250 e. The molecular weight excluding hydrogens is 304 g/mol. The highest BCUT2D eigenvalue weighted by Gasteiger charge is 2.27. The average molecular weight is 329 g/mol. The molecule has 2 fully saturated rings. The van der Waals surface area contributed by atoms with E-state index in [9.17, 15) is 8.42 Å². The molecule has 0 aliphatic heterocycles. The molecule has 2 atom stereocenters. The molecule has 2 saturated carbocycles. The van der Waals surface area contributed by atoms with Crippen molar-refractivity contribution in [3.63, 3.8) is 0 Å². The molecule has 0 radical (unpaired) electrons. The minimum atomic E-state index is -3.33. The number of rotatable bonds is 7. The van der Waals surface area contributed by atoms with Crippen LogP contribution in [0.25, 0.3) is 0 Å². The summed E-state index contributed by atoms with van der Waals surface area (Å²) in [7, 11) is -3.33. The van der Waals surface area contributed by atoms with Gasteiger partial charge in [-0.15, -0.1) is 11.3 Å². The fraction of sp³-hybridized carbons (Fsp3) is 0.733. The van der Waals surface area contributed by atoms with Gasteiger partial charge in [0, 0.05) is 23.5 Å². The third-order valence-corrected chi connectivity index (χ3v) is 7.46. The monoisotopic (exact) mass is 328 g/mol. The summed E-state index contributed by atoms with van der Waals surface area (Å²) in [6, 6.07) is 4.52. The van der Waals surface area contributed by atoms with Crippen molar-refractivity contribution in [2.45, 2.75) is 61.7 Å². The van der Waals surface area contributed by atoms with Crippen LogP contribution in [0.15, 0.2) is 16.3 Å². The fourth-order valence-corrected chi connectivity index (χ4v) is 5.57. The largest absolute Gasteiger partial charge is 0.314 e. The minimum Gasteiger partial charge on any atom is -0.314 e. The van der Waals surface area contributed by atoms with Gasteiger partial charge in [-0.2, -0.15) is 0 Å². The normalized spacial score (nSPS) is 26.3. The van der Waals surface area contributed by atoms with Crippen molar-refractivity contribution in [1.82, 2.24) is 10.0 Å². The predicted octanol–water partition coefficient (Wildman–Crippen LogP) is 2.51. The first-order chi connectivity index (χ1) is 10.0. The zero-order valence-electron chi connectivity index (χ0n) is 12.5. The van der Waals surface area contributed by atoms with E-state index >= 15 is 0 Å². The molecular formula is C15H24N2O2S2. The number of hydrogen-bond donors (Lipinski definition) is 2. The van der Waals surface area contributed by atoms with Crippen LogP contribution in [0.3, 0.4) is 0 Å². The number of hydrogen-bond acceptors (Lipinski definition) is 4. The summed E-state index contributed by atoms with van der Waals surface area (Å²) in [5, 5.41) is 3.46. The number of sulfonamides is 1. The molecule has 0 amide bonds. The Bertz CT molecular complexity index is 578. The molecule has 1 aromatic rings. The van der Waals surface area contributed by atoms with Crippen molar-refractivity contribution in [2.24, 2.45) is 5.92 Å². The Morgan fingerprint density at radius 2 is 1.95 bits per heavy atom. The Hall–Kier alpha value is -0.430. The van der Waals surface area contributed by atoms with Crippen LogP contribution < -0.4 is 10.0 Å². The summed E-state index contributed by atoms with van der Waals surface area (Å²) < 4.78 is 28.1. The van der Waals surface area contributed by atoms with Gasteiger partial charge in [-0.1, -0.05) is 6.92 Å². The molecule has 4 nitrogen and oxygen atoms in total. The number of thiophene rings is 1. The lowest BCUT2D eigenvalue weighted by atomic mass is 10.1. The summed E-state index contributed by atoms with van der Waals surface area (Å²) in [6.45, 7) is 3.13. The first-order valence-corrected chi connectivity index (χ1v) is 10.2. The van der Waals surface area contributed by atoms with Crippen molar-refractivity contribution in [1.29, 1.82) is 0 Å². The van der Waals surface area contributed by atoms with Crippen LogP contribution in [0.2, 0.25) is 0 Å². The number of nitrogens with one attached hydrogen (secondary N) is 2. The lowest BCUT2D eigenvalue weighted by molar-refractivity contribution is 0.540. The lowest BCUT2D eigenvalue weighted by Gasteiger charge is -2.11. The quantitative estimate of drug-likeness (QED) is 0.808. The third kappa shape index (κ3) is 4.28. The lowest BCUT2D eigenvalue weighted by Crippen LogP contribution is -2.32. The average Bonchev–Trinajstić information content (AvgIpc) is 2.94. The molecule has 1 heterocycles. The molecule has 6 heteroatoms. The fourth-order valence-electron chi connectivity index (χ4n) is 2.92. The maximum atomic E-state index is 12.4. The maximum Gasteiger partial charge on any atom is 0.250 e. The van der Waals surface area contributed by atoms with Crippen molar-refractivity contribution >= 4 is 21.4 Å². The Balaban J connectivity index is 1.55. The second kappa shape index (κ2) is 6.36. The van der Waals surface area contributed by atoms with E-state index in [1.54, 1.807) is 6.07 Å². The van der Waals surface area contributed by atoms with Gasteiger partial charge in [0.15, 0.2) is 0 Å². The Morgan fingerprint density at radius 1 is 1.19 bits per heavy atom. The first-order valence-electron chi connectivity index (χ1n) is 7.87. The predicted molar refractivity (Wildman–Crippen MR) is 86.2 cm³/mol. The molecule has 2 aliphatic rings. The molecule has 0 spiro atoms. The van der Waals surface area contributed by atoms with Crippen LogP contribution >= 0.6 is 11.3 Å². The summed E-state index contributed by atoms with van der Waals surface area (Å²) in [4.78, 5) is 1.14. The SMILES string of the molecule is CC1CCC(NS(=O)(=O)c2ccc(CCNC3CC3)s2)C1. The van der Waals surface area contributed by atoms with Crippen LogP contribution in [0.5, 0.6) is 0 Å². The van der Waals surface area contributed by atoms with Gasteiger partial charge in [-0.25, -0.2) is 13.1 Å². The van der Waals surface area contributed by atoms with Gasteiger partial charge in [0.05, 0.1) is 0 Å². The van der Waals surface area contributed by atoms with E-state index in [4.69, 9.17) is 0 Å². The second-order valence-electron chi connectivity index (χ2n) is 6.44. The van der Waals surface area contributed by atoms with Gasteiger partial charge in [0.1, 0.15) is 4.21 Å². The topological polar surface area (TPSA) is 58.2 Å². The molecule has 2 unspecified atom stereocenters. The van der Waals surface area contributed by atoms with Crippen LogP contribution in [0.4, 0.5) is 0 Å². The van der Waals surface area contributed by atoms with Crippen LogP contribution in [-0.2, 0) is 16.4 Å². The van der Waals surface area contributed by atoms with Crippen LogP contribution in [-0.4, -0.2) is 27.0 Å². The highest BCUT2D eigenvalue weighted by Crippen LogP contribution is 2.28. The Kier molecular flexibility index (Phi) is 4.69. The molecule has 2 N–H and O–H groups in total. The highest BCUT2D eigenvalue weighted by atomic mass is 32.2. The molecule has 0 saturated heterocycles. The summed E-state index contributed by atoms with van der Waals surface area (Å²) >= 11 is 1.41. The summed E-state index contributed by atoms with van der Waals surface area (Å²) in [6.07, 6.45) is 6.53. The van der Waals surface area contributed by atoms with Crippen molar-refractivity contribution < 1.29 is 8.42 Å². The maximum absolute atomic E-state index is 12.4. The van der Waals surface area contributed by atoms with Gasteiger partial charge >= 0.3 is 0 Å². The molecule has 2 aliphatic carbocycles. The van der Waals surface area contributed by atoms with Gasteiger partial charge in [0.25, 0.3) is 0 Å². The first kappa shape index (κ1) is 15.5. The highest BCUT2D eigenvalue weighted by molar-refractivity contribution is 7.91. The van der Waals surface area contributed by atoms with E-state index in [1.807, 2.05) is 6.07 Å². The third-order valence-electron chi connectivity index (χ3n) is 4.30. The van der Waals surface area contributed by atoms with Crippen molar-refractivity contribution in [3.05, 3.63) is 17.0 Å². The molecule has 1 aromatic heterocycles. The van der Waals surface area contributed by atoms with Gasteiger partial charge < -0.3 is 5.32 Å². The molecule has 3 rings (SSSR count). The van der Waals surface area contributed by atoms with Crippen LogP contribution in [0.1, 0.15) is 43.9 Å². The standard InChI is InChI=1S/C15H24N2O2S2/c1-11-2-3-13(10-11)17-21(18,19)15-7-6-14(20-15)8-9-16-12-4-5-12/h6-7,11-13,16-17H,2-5,8-10H2,1H3. The van der Waals surface area contributed by atoms with E-state index in [2.05, 4.69) is 17.0 Å². The van der Waals surface area contributed by atoms with Gasteiger partial charge in [0.2, 0.25) is 10.0 Å². The summed E-state index contributed by atoms with van der Waals surface area (Å²) in [5.41, 5.74) is 0. The Labute approximate surface area is 131 Å². The zero-order valence-corrected chi connectivity index (χ0v) is 14.1. The second-order valence-corrected chi connectivity index (χ2v) is 9.54. The van der Waals surface area contributed by atoms with Gasteiger partial charge in [-0.05, 0) is 56.6 Å².